The Morgan fingerprint density at radius 3 is 2.48 bits per heavy atom. The Morgan fingerprint density at radius 2 is 1.90 bits per heavy atom. The van der Waals surface area contributed by atoms with Gasteiger partial charge in [0.2, 0.25) is 0 Å². The number of pyridine rings is 1. The van der Waals surface area contributed by atoms with Gasteiger partial charge in [0, 0.05) is 29.1 Å². The minimum absolute atomic E-state index is 0.0300. The molecule has 0 spiro atoms. The van der Waals surface area contributed by atoms with Gasteiger partial charge in [0.25, 0.3) is 15.0 Å². The van der Waals surface area contributed by atoms with Crippen LogP contribution in [0.2, 0.25) is 0 Å². The normalized spacial score (nSPS) is 11.1. The number of carbonyl (C=O) groups is 1. The first kappa shape index (κ1) is 15.5. The summed E-state index contributed by atoms with van der Waals surface area (Å²) in [6.07, 6.45) is 1.62. The quantitative estimate of drug-likeness (QED) is 0.875. The van der Waals surface area contributed by atoms with Gasteiger partial charge in [0.1, 0.15) is 0 Å². The van der Waals surface area contributed by atoms with Crippen molar-refractivity contribution < 1.29 is 13.2 Å². The zero-order valence-electron chi connectivity index (χ0n) is 11.2. The van der Waals surface area contributed by atoms with E-state index < -0.39 is 9.05 Å². The van der Waals surface area contributed by atoms with E-state index in [-0.39, 0.29) is 17.3 Å². The predicted octanol–water partition coefficient (Wildman–Crippen LogP) is 2.25. The van der Waals surface area contributed by atoms with E-state index in [1.807, 2.05) is 0 Å². The number of halogens is 1. The lowest BCUT2D eigenvalue weighted by molar-refractivity contribution is 0.0950. The highest BCUT2D eigenvalue weighted by Gasteiger charge is 2.10. The van der Waals surface area contributed by atoms with Crippen LogP contribution in [0, 0.1) is 6.92 Å². The summed E-state index contributed by atoms with van der Waals surface area (Å²) in [5.74, 6) is -0.227. The van der Waals surface area contributed by atoms with Crippen molar-refractivity contribution in [1.82, 2.24) is 10.3 Å². The number of benzene rings is 1. The smallest absolute Gasteiger partial charge is 0.261 e. The molecule has 1 amide bonds. The number of rotatable bonds is 4. The largest absolute Gasteiger partial charge is 0.348 e. The van der Waals surface area contributed by atoms with Crippen LogP contribution in [0.3, 0.4) is 0 Å². The maximum atomic E-state index is 12.0. The first-order valence-corrected chi connectivity index (χ1v) is 8.42. The van der Waals surface area contributed by atoms with Crippen LogP contribution in [0.25, 0.3) is 0 Å². The molecule has 5 nitrogen and oxygen atoms in total. The fourth-order valence-electron chi connectivity index (χ4n) is 1.77. The molecule has 0 saturated heterocycles. The van der Waals surface area contributed by atoms with Crippen LogP contribution in [0.4, 0.5) is 0 Å². The molecule has 7 heteroatoms. The molecule has 0 fully saturated rings. The second-order valence-electron chi connectivity index (χ2n) is 4.40. The number of aromatic nitrogens is 1. The van der Waals surface area contributed by atoms with Gasteiger partial charge in [0.15, 0.2) is 0 Å². The first-order chi connectivity index (χ1) is 9.88. The first-order valence-electron chi connectivity index (χ1n) is 6.11. The molecule has 0 aliphatic rings. The Morgan fingerprint density at radius 1 is 1.24 bits per heavy atom. The Bertz CT molecular complexity index is 758. The Hall–Kier alpha value is -1.92. The Labute approximate surface area is 127 Å². The molecular formula is C14H13ClN2O3S. The van der Waals surface area contributed by atoms with Crippen LogP contribution in [-0.4, -0.2) is 19.3 Å². The number of carbonyl (C=O) groups excluding carboxylic acids is 1. The molecule has 0 aliphatic heterocycles. The maximum absolute atomic E-state index is 12.0. The number of amides is 1. The molecule has 1 aromatic heterocycles. The Kier molecular flexibility index (Phi) is 4.59. The number of nitrogens with one attached hydrogen (secondary N) is 1. The molecule has 2 rings (SSSR count). The van der Waals surface area contributed by atoms with Gasteiger partial charge in [-0.15, -0.1) is 0 Å². The van der Waals surface area contributed by atoms with Gasteiger partial charge in [-0.3, -0.25) is 9.78 Å². The number of nitrogens with zero attached hydrogens (tertiary/aromatic N) is 1. The molecule has 1 heterocycles. The van der Waals surface area contributed by atoms with Crippen molar-refractivity contribution in [1.29, 1.82) is 0 Å². The Balaban J connectivity index is 2.04. The third-order valence-corrected chi connectivity index (χ3v) is 4.28. The molecular weight excluding hydrogens is 312 g/mol. The summed E-state index contributed by atoms with van der Waals surface area (Å²) in [6.45, 7) is 2.05. The minimum Gasteiger partial charge on any atom is -0.348 e. The van der Waals surface area contributed by atoms with E-state index in [2.05, 4.69) is 10.3 Å². The molecule has 0 bridgehead atoms. The highest BCUT2D eigenvalue weighted by molar-refractivity contribution is 8.13. The van der Waals surface area contributed by atoms with Crippen molar-refractivity contribution in [3.8, 4) is 0 Å². The van der Waals surface area contributed by atoms with Crippen LogP contribution in [0.15, 0.2) is 47.5 Å². The molecule has 0 unspecified atom stereocenters. The summed E-state index contributed by atoms with van der Waals surface area (Å²) in [7, 11) is 1.51. The lowest BCUT2D eigenvalue weighted by Crippen LogP contribution is -2.23. The van der Waals surface area contributed by atoms with Crippen molar-refractivity contribution >= 4 is 25.6 Å². The van der Waals surface area contributed by atoms with Gasteiger partial charge >= 0.3 is 0 Å². The van der Waals surface area contributed by atoms with E-state index in [1.54, 1.807) is 37.4 Å². The average molecular weight is 325 g/mol. The third kappa shape index (κ3) is 4.03. The summed E-state index contributed by atoms with van der Waals surface area (Å²) < 4.78 is 22.2. The van der Waals surface area contributed by atoms with Gasteiger partial charge in [-0.25, -0.2) is 8.42 Å². The van der Waals surface area contributed by atoms with Gasteiger partial charge in [-0.2, -0.15) is 0 Å². The van der Waals surface area contributed by atoms with Crippen molar-refractivity contribution in [3.63, 3.8) is 0 Å². The fraction of sp³-hybridized carbons (Fsp3) is 0.143. The van der Waals surface area contributed by atoms with E-state index in [9.17, 15) is 13.2 Å². The van der Waals surface area contributed by atoms with E-state index in [1.165, 1.54) is 12.1 Å². The number of hydrogen-bond acceptors (Lipinski definition) is 4. The van der Waals surface area contributed by atoms with Crippen LogP contribution >= 0.6 is 10.7 Å². The molecule has 2 aromatic rings. The zero-order valence-corrected chi connectivity index (χ0v) is 12.8. The van der Waals surface area contributed by atoms with Crippen LogP contribution < -0.4 is 5.32 Å². The second kappa shape index (κ2) is 6.24. The van der Waals surface area contributed by atoms with E-state index >= 15 is 0 Å². The van der Waals surface area contributed by atoms with Gasteiger partial charge in [0.05, 0.1) is 10.5 Å². The van der Waals surface area contributed by atoms with Crippen molar-refractivity contribution in [2.75, 3.05) is 0 Å². The standard InChI is InChI=1S/C14H13ClN2O3S/c1-10-13(3-2-8-16-10)14(18)17-9-11-4-6-12(7-5-11)21(15,19)20/h2-8H,9H2,1H3,(H,17,18). The molecule has 110 valence electrons. The van der Waals surface area contributed by atoms with E-state index in [4.69, 9.17) is 10.7 Å². The minimum atomic E-state index is -3.72. The van der Waals surface area contributed by atoms with Crippen LogP contribution in [-0.2, 0) is 15.6 Å². The summed E-state index contributed by atoms with van der Waals surface area (Å²) >= 11 is 0. The third-order valence-electron chi connectivity index (χ3n) is 2.91. The van der Waals surface area contributed by atoms with Crippen molar-refractivity contribution in [3.05, 3.63) is 59.4 Å². The highest BCUT2D eigenvalue weighted by Crippen LogP contribution is 2.15. The molecule has 21 heavy (non-hydrogen) atoms. The van der Waals surface area contributed by atoms with Gasteiger partial charge < -0.3 is 5.32 Å². The molecule has 1 aromatic carbocycles. The van der Waals surface area contributed by atoms with Crippen molar-refractivity contribution in [2.45, 2.75) is 18.4 Å². The van der Waals surface area contributed by atoms with Gasteiger partial charge in [-0.05, 0) is 36.8 Å². The van der Waals surface area contributed by atoms with Crippen LogP contribution in [0.1, 0.15) is 21.6 Å². The lowest BCUT2D eigenvalue weighted by Gasteiger charge is -2.07. The molecule has 0 saturated carbocycles. The SMILES string of the molecule is Cc1ncccc1C(=O)NCc1ccc(S(=O)(=O)Cl)cc1. The monoisotopic (exact) mass is 324 g/mol. The molecule has 0 aliphatic carbocycles. The fourth-order valence-corrected chi connectivity index (χ4v) is 2.54. The van der Waals surface area contributed by atoms with Gasteiger partial charge in [-0.1, -0.05) is 12.1 Å². The number of hydrogen-bond donors (Lipinski definition) is 1. The molecule has 0 atom stereocenters. The summed E-state index contributed by atoms with van der Waals surface area (Å²) in [5.41, 5.74) is 1.94. The van der Waals surface area contributed by atoms with E-state index in [0.29, 0.717) is 11.3 Å². The van der Waals surface area contributed by atoms with Crippen LogP contribution in [0.5, 0.6) is 0 Å². The average Bonchev–Trinajstić information content (AvgIpc) is 2.45. The zero-order chi connectivity index (χ0) is 15.5. The lowest BCUT2D eigenvalue weighted by atomic mass is 10.2. The topological polar surface area (TPSA) is 76.1 Å². The second-order valence-corrected chi connectivity index (χ2v) is 6.97. The molecule has 1 N–H and O–H groups in total. The summed E-state index contributed by atoms with van der Waals surface area (Å²) in [6, 6.07) is 9.40. The van der Waals surface area contributed by atoms with Crippen molar-refractivity contribution in [2.24, 2.45) is 0 Å². The molecule has 0 radical (unpaired) electrons. The number of aryl methyl sites for hydroxylation is 1. The summed E-state index contributed by atoms with van der Waals surface area (Å²) in [4.78, 5) is 16.1. The van der Waals surface area contributed by atoms with E-state index in [0.717, 1.165) is 5.56 Å². The summed E-state index contributed by atoms with van der Waals surface area (Å²) in [5, 5.41) is 2.75. The maximum Gasteiger partial charge on any atom is 0.261 e. The highest BCUT2D eigenvalue weighted by atomic mass is 35.7. The predicted molar refractivity (Wildman–Crippen MR) is 79.6 cm³/mol.